The lowest BCUT2D eigenvalue weighted by molar-refractivity contribution is -0.235. The molecule has 1 saturated heterocycles. The number of hydrogen-bond donors (Lipinski definition) is 0. The number of ether oxygens (including phenoxy) is 3. The van der Waals surface area contributed by atoms with E-state index in [0.717, 1.165) is 31.3 Å². The molecule has 3 fully saturated rings. The number of allylic oxidation sites excluding steroid dienone is 2. The van der Waals surface area contributed by atoms with Gasteiger partial charge in [0.2, 0.25) is 12.6 Å². The minimum atomic E-state index is -0.869. The smallest absolute Gasteiger partial charge is 0.308 e. The minimum absolute atomic E-state index is 0.0400. The Balaban J connectivity index is 2.02. The molecule has 0 bridgehead atoms. The Morgan fingerprint density at radius 3 is 2.59 bits per heavy atom. The molecule has 32 heavy (non-hydrogen) atoms. The van der Waals surface area contributed by atoms with Crippen molar-refractivity contribution in [1.29, 1.82) is 0 Å². The van der Waals surface area contributed by atoms with Gasteiger partial charge in [-0.2, -0.15) is 0 Å². The first kappa shape index (κ1) is 24.7. The highest BCUT2D eigenvalue weighted by Gasteiger charge is 2.70. The second kappa shape index (κ2) is 9.50. The molecule has 1 aliphatic heterocycles. The summed E-state index contributed by atoms with van der Waals surface area (Å²) >= 11 is 0. The predicted molar refractivity (Wildman–Crippen MR) is 120 cm³/mol. The fraction of sp³-hybridized carbons (Fsp3) is 0.731. The third-order valence-electron chi connectivity index (χ3n) is 8.42. The van der Waals surface area contributed by atoms with E-state index in [1.807, 2.05) is 6.92 Å². The van der Waals surface area contributed by atoms with Crippen LogP contribution in [0.15, 0.2) is 24.8 Å². The number of hydrogen-bond acceptors (Lipinski definition) is 6. The predicted octanol–water partition coefficient (Wildman–Crippen LogP) is 5.12. The summed E-state index contributed by atoms with van der Waals surface area (Å²) < 4.78 is 17.6. The molecule has 6 nitrogen and oxygen atoms in total. The summed E-state index contributed by atoms with van der Waals surface area (Å²) in [7, 11) is 0. The summed E-state index contributed by atoms with van der Waals surface area (Å²) in [5.41, 5.74) is 0.248. The molecule has 178 valence electrons. The largest absolute Gasteiger partial charge is 0.435 e. The molecule has 2 aliphatic carbocycles. The lowest BCUT2D eigenvalue weighted by atomic mass is 9.44. The van der Waals surface area contributed by atoms with E-state index >= 15 is 0 Å². The topological polar surface area (TPSA) is 78.9 Å². The molecule has 6 heteroatoms. The fourth-order valence-electron chi connectivity index (χ4n) is 6.43. The van der Waals surface area contributed by atoms with Crippen LogP contribution >= 0.6 is 0 Å². The van der Waals surface area contributed by atoms with E-state index in [0.29, 0.717) is 18.8 Å². The quantitative estimate of drug-likeness (QED) is 0.381. The van der Waals surface area contributed by atoms with Gasteiger partial charge in [0.15, 0.2) is 0 Å². The van der Waals surface area contributed by atoms with Crippen LogP contribution in [0.1, 0.15) is 79.1 Å². The van der Waals surface area contributed by atoms with Crippen molar-refractivity contribution >= 4 is 17.7 Å². The Kier molecular flexibility index (Phi) is 7.33. The molecule has 2 saturated carbocycles. The summed E-state index contributed by atoms with van der Waals surface area (Å²) in [4.78, 5) is 37.3. The van der Waals surface area contributed by atoms with Gasteiger partial charge < -0.3 is 14.2 Å². The van der Waals surface area contributed by atoms with Crippen molar-refractivity contribution in [3.63, 3.8) is 0 Å². The normalized spacial score (nSPS) is 38.4. The number of esters is 2. The van der Waals surface area contributed by atoms with Crippen molar-refractivity contribution in [2.75, 3.05) is 0 Å². The van der Waals surface area contributed by atoms with Crippen LogP contribution in [-0.2, 0) is 28.6 Å². The van der Waals surface area contributed by atoms with Gasteiger partial charge in [0, 0.05) is 37.5 Å². The highest BCUT2D eigenvalue weighted by molar-refractivity contribution is 5.80. The third kappa shape index (κ3) is 4.30. The van der Waals surface area contributed by atoms with Crippen LogP contribution in [0.3, 0.4) is 0 Å². The summed E-state index contributed by atoms with van der Waals surface area (Å²) in [6, 6.07) is 0. The maximum absolute atomic E-state index is 13.0. The Labute approximate surface area is 191 Å². The second-order valence-corrected chi connectivity index (χ2v) is 10.2. The Hall–Kier alpha value is -1.95. The van der Waals surface area contributed by atoms with Gasteiger partial charge in [-0.3, -0.25) is 14.4 Å². The standard InChI is InChI=1S/C26H38O6/c1-7-9-22(29)31-23-20-14-19(28)15-21-25(6,12-10-16(3)8-2)17(4)11-13-26(20,21)24(32-23)30-18(5)27/h8,17,20-21,23-24H,2-3,7,9-15H2,1,4-6H3/t17-,20+,21+,23+,24-,25-,26-/m1/s1. The van der Waals surface area contributed by atoms with Crippen molar-refractivity contribution < 1.29 is 28.6 Å². The number of ketones is 1. The van der Waals surface area contributed by atoms with Crippen molar-refractivity contribution in [1.82, 2.24) is 0 Å². The van der Waals surface area contributed by atoms with Gasteiger partial charge in [-0.1, -0.05) is 45.6 Å². The van der Waals surface area contributed by atoms with E-state index in [-0.39, 0.29) is 41.8 Å². The van der Waals surface area contributed by atoms with E-state index in [1.165, 1.54) is 6.92 Å². The molecule has 0 aromatic carbocycles. The lowest BCUT2D eigenvalue weighted by Gasteiger charge is -2.59. The van der Waals surface area contributed by atoms with Gasteiger partial charge in [0.05, 0.1) is 0 Å². The molecule has 0 amide bonds. The van der Waals surface area contributed by atoms with Gasteiger partial charge in [-0.15, -0.1) is 0 Å². The molecule has 3 rings (SSSR count). The SMILES string of the molecule is C=CC(=C)CC[C@]1(C)[C@H](C)CC[C@@]23[C@H](OC(C)=O)O[C@H](OC(=O)CCC)[C@@H]2CC(=O)C[C@@H]13. The maximum atomic E-state index is 13.0. The zero-order chi connectivity index (χ0) is 23.7. The maximum Gasteiger partial charge on any atom is 0.308 e. The van der Waals surface area contributed by atoms with Crippen molar-refractivity contribution in [2.45, 2.75) is 91.6 Å². The van der Waals surface area contributed by atoms with Gasteiger partial charge in [0.1, 0.15) is 5.78 Å². The van der Waals surface area contributed by atoms with E-state index in [9.17, 15) is 14.4 Å². The molecule has 1 heterocycles. The van der Waals surface area contributed by atoms with E-state index in [1.54, 1.807) is 6.08 Å². The van der Waals surface area contributed by atoms with Crippen LogP contribution < -0.4 is 0 Å². The Bertz CT molecular complexity index is 787. The van der Waals surface area contributed by atoms with Crippen LogP contribution in [0, 0.1) is 28.6 Å². The molecular weight excluding hydrogens is 408 g/mol. The van der Waals surface area contributed by atoms with Gasteiger partial charge in [0.25, 0.3) is 0 Å². The highest BCUT2D eigenvalue weighted by atomic mass is 16.8. The molecule has 0 N–H and O–H groups in total. The zero-order valence-electron chi connectivity index (χ0n) is 20.0. The van der Waals surface area contributed by atoms with E-state index in [4.69, 9.17) is 14.2 Å². The van der Waals surface area contributed by atoms with Crippen LogP contribution in [0.4, 0.5) is 0 Å². The summed E-state index contributed by atoms with van der Waals surface area (Å²) in [5.74, 6) is -0.598. The van der Waals surface area contributed by atoms with Crippen LogP contribution in [0.5, 0.6) is 0 Å². The monoisotopic (exact) mass is 446 g/mol. The van der Waals surface area contributed by atoms with Gasteiger partial charge in [-0.25, -0.2) is 0 Å². The number of rotatable bonds is 8. The molecule has 7 atom stereocenters. The molecule has 3 aliphatic rings. The first-order chi connectivity index (χ1) is 15.1. The van der Waals surface area contributed by atoms with E-state index in [2.05, 4.69) is 27.0 Å². The average Bonchev–Trinajstić information content (AvgIpc) is 3.00. The minimum Gasteiger partial charge on any atom is -0.435 e. The highest BCUT2D eigenvalue weighted by Crippen LogP contribution is 2.68. The second-order valence-electron chi connectivity index (χ2n) is 10.2. The molecule has 0 radical (unpaired) electrons. The Morgan fingerprint density at radius 2 is 1.97 bits per heavy atom. The molecular formula is C26H38O6. The van der Waals surface area contributed by atoms with Crippen molar-refractivity contribution in [3.8, 4) is 0 Å². The summed E-state index contributed by atoms with van der Waals surface area (Å²) in [6.07, 6.45) is 5.10. The summed E-state index contributed by atoms with van der Waals surface area (Å²) in [6.45, 7) is 15.7. The van der Waals surface area contributed by atoms with Crippen molar-refractivity contribution in [2.24, 2.45) is 28.6 Å². The van der Waals surface area contributed by atoms with Gasteiger partial charge >= 0.3 is 11.9 Å². The molecule has 0 aromatic rings. The molecule has 0 aromatic heterocycles. The third-order valence-corrected chi connectivity index (χ3v) is 8.42. The number of carbonyl (C=O) groups is 3. The van der Waals surface area contributed by atoms with Crippen LogP contribution in [0.25, 0.3) is 0 Å². The fourth-order valence-corrected chi connectivity index (χ4v) is 6.43. The zero-order valence-corrected chi connectivity index (χ0v) is 20.0. The first-order valence-corrected chi connectivity index (χ1v) is 11.9. The average molecular weight is 447 g/mol. The summed E-state index contributed by atoms with van der Waals surface area (Å²) in [5, 5.41) is 0. The molecule has 1 spiro atoms. The first-order valence-electron chi connectivity index (χ1n) is 11.9. The number of Topliss-reactive ketones (excluding diaryl/α,β-unsaturated/α-hetero) is 1. The van der Waals surface area contributed by atoms with Crippen LogP contribution in [-0.4, -0.2) is 30.3 Å². The van der Waals surface area contributed by atoms with Gasteiger partial charge in [-0.05, 0) is 49.4 Å². The van der Waals surface area contributed by atoms with Crippen molar-refractivity contribution in [3.05, 3.63) is 24.8 Å². The Morgan fingerprint density at radius 1 is 1.25 bits per heavy atom. The molecule has 0 unspecified atom stereocenters. The van der Waals surface area contributed by atoms with Crippen LogP contribution in [0.2, 0.25) is 0 Å². The van der Waals surface area contributed by atoms with E-state index < -0.39 is 24.0 Å². The number of carbonyl (C=O) groups excluding carboxylic acids is 3. The lowest BCUT2D eigenvalue weighted by Crippen LogP contribution is -2.59.